The Labute approximate surface area is 231 Å². The van der Waals surface area contributed by atoms with Crippen molar-refractivity contribution < 1.29 is 27.3 Å². The molecule has 0 aliphatic carbocycles. The Kier molecular flexibility index (Phi) is 9.17. The van der Waals surface area contributed by atoms with E-state index in [1.165, 1.54) is 0 Å². The van der Waals surface area contributed by atoms with Crippen LogP contribution in [-0.4, -0.2) is 38.9 Å². The molecule has 39 heavy (non-hydrogen) atoms. The van der Waals surface area contributed by atoms with Gasteiger partial charge in [-0.3, -0.25) is 18.4 Å². The SMILES string of the molecule is CCOC(=O)Cc1ccccc1OCc1cc(-c2ccnc(C(CF)C[S@@](=O)C(C)(C)C)c2)c2occc2c1. The van der Waals surface area contributed by atoms with E-state index in [2.05, 4.69) is 4.98 Å². The lowest BCUT2D eigenvalue weighted by molar-refractivity contribution is -0.142. The van der Waals surface area contributed by atoms with Gasteiger partial charge >= 0.3 is 5.97 Å². The molecule has 0 spiro atoms. The summed E-state index contributed by atoms with van der Waals surface area (Å²) < 4.78 is 43.4. The number of esters is 1. The number of ether oxygens (including phenoxy) is 2. The second-order valence-electron chi connectivity index (χ2n) is 10.3. The average molecular weight is 552 g/mol. The Morgan fingerprint density at radius 3 is 2.67 bits per heavy atom. The molecule has 0 bridgehead atoms. The summed E-state index contributed by atoms with van der Waals surface area (Å²) in [4.78, 5) is 16.4. The molecule has 0 fully saturated rings. The third-order valence-electron chi connectivity index (χ3n) is 6.35. The highest BCUT2D eigenvalue weighted by Crippen LogP contribution is 2.33. The summed E-state index contributed by atoms with van der Waals surface area (Å²) in [5.41, 5.74) is 4.57. The van der Waals surface area contributed by atoms with Crippen LogP contribution in [0, 0.1) is 0 Å². The number of aromatic nitrogens is 1. The largest absolute Gasteiger partial charge is 0.489 e. The first-order chi connectivity index (χ1) is 18.7. The van der Waals surface area contributed by atoms with Crippen LogP contribution in [0.1, 0.15) is 50.4 Å². The third-order valence-corrected chi connectivity index (χ3v) is 8.42. The van der Waals surface area contributed by atoms with Crippen LogP contribution in [0.25, 0.3) is 22.1 Å². The monoisotopic (exact) mass is 551 g/mol. The van der Waals surface area contributed by atoms with Crippen molar-refractivity contribution in [2.75, 3.05) is 19.0 Å². The lowest BCUT2D eigenvalue weighted by Gasteiger charge is -2.21. The van der Waals surface area contributed by atoms with Crippen LogP contribution >= 0.6 is 0 Å². The van der Waals surface area contributed by atoms with E-state index in [9.17, 15) is 13.4 Å². The average Bonchev–Trinajstić information content (AvgIpc) is 3.39. The summed E-state index contributed by atoms with van der Waals surface area (Å²) in [6.45, 7) is 7.39. The van der Waals surface area contributed by atoms with Crippen LogP contribution in [0.4, 0.5) is 4.39 Å². The number of benzene rings is 2. The summed E-state index contributed by atoms with van der Waals surface area (Å²) in [6, 6.07) is 17.0. The second kappa shape index (κ2) is 12.6. The van der Waals surface area contributed by atoms with Crippen LogP contribution < -0.4 is 4.74 Å². The molecule has 6 nitrogen and oxygen atoms in total. The number of halogens is 1. The first-order valence-corrected chi connectivity index (χ1v) is 14.3. The van der Waals surface area contributed by atoms with Crippen molar-refractivity contribution in [3.05, 3.63) is 83.9 Å². The summed E-state index contributed by atoms with van der Waals surface area (Å²) in [6.07, 6.45) is 3.41. The number of hydrogen-bond donors (Lipinski definition) is 0. The molecule has 0 N–H and O–H groups in total. The lowest BCUT2D eigenvalue weighted by atomic mass is 9.98. The zero-order chi connectivity index (χ0) is 28.0. The Morgan fingerprint density at radius 2 is 1.92 bits per heavy atom. The topological polar surface area (TPSA) is 78.6 Å². The molecule has 0 aliphatic rings. The van der Waals surface area contributed by atoms with Gasteiger partial charge in [0.05, 0.1) is 26.0 Å². The molecule has 4 aromatic rings. The molecule has 4 rings (SSSR count). The maximum absolute atomic E-state index is 14.1. The lowest BCUT2D eigenvalue weighted by Crippen LogP contribution is -2.27. The van der Waals surface area contributed by atoms with Crippen molar-refractivity contribution in [2.45, 2.75) is 51.4 Å². The van der Waals surface area contributed by atoms with Gasteiger partial charge in [-0.2, -0.15) is 0 Å². The van der Waals surface area contributed by atoms with Crippen LogP contribution in [0.15, 0.2) is 71.5 Å². The summed E-state index contributed by atoms with van der Waals surface area (Å²) in [5, 5.41) is 0.903. The van der Waals surface area contributed by atoms with Gasteiger partial charge in [0.15, 0.2) is 0 Å². The fraction of sp³-hybridized carbons (Fsp3) is 0.355. The molecular weight excluding hydrogens is 517 g/mol. The number of carbonyl (C=O) groups excluding carboxylic acids is 1. The van der Waals surface area contributed by atoms with E-state index in [1.807, 2.05) is 75.4 Å². The Balaban J connectivity index is 1.61. The minimum Gasteiger partial charge on any atom is -0.489 e. The van der Waals surface area contributed by atoms with Gasteiger partial charge in [-0.15, -0.1) is 0 Å². The van der Waals surface area contributed by atoms with Crippen molar-refractivity contribution in [1.29, 1.82) is 0 Å². The van der Waals surface area contributed by atoms with E-state index >= 15 is 0 Å². The zero-order valence-corrected chi connectivity index (χ0v) is 23.6. The minimum absolute atomic E-state index is 0.131. The molecule has 0 saturated carbocycles. The molecule has 8 heteroatoms. The first kappa shape index (κ1) is 28.5. The van der Waals surface area contributed by atoms with Crippen LogP contribution in [0.2, 0.25) is 0 Å². The molecule has 1 unspecified atom stereocenters. The van der Waals surface area contributed by atoms with E-state index in [-0.39, 0.29) is 24.7 Å². The van der Waals surface area contributed by atoms with E-state index in [4.69, 9.17) is 13.9 Å². The maximum Gasteiger partial charge on any atom is 0.310 e. The smallest absolute Gasteiger partial charge is 0.310 e. The molecule has 0 saturated heterocycles. The molecular formula is C31H34FNO5S. The van der Waals surface area contributed by atoms with Crippen molar-refractivity contribution in [1.82, 2.24) is 4.98 Å². The highest BCUT2D eigenvalue weighted by atomic mass is 32.2. The molecule has 0 amide bonds. The Bertz CT molecular complexity index is 1460. The molecule has 0 radical (unpaired) electrons. The summed E-state index contributed by atoms with van der Waals surface area (Å²) in [5.74, 6) is -0.0593. The molecule has 2 heterocycles. The van der Waals surface area contributed by atoms with Gasteiger partial charge in [-0.05, 0) is 75.2 Å². The van der Waals surface area contributed by atoms with Gasteiger partial charge in [-0.25, -0.2) is 0 Å². The highest BCUT2D eigenvalue weighted by Gasteiger charge is 2.25. The maximum atomic E-state index is 14.1. The molecule has 206 valence electrons. The van der Waals surface area contributed by atoms with E-state index in [0.29, 0.717) is 23.6 Å². The van der Waals surface area contributed by atoms with Crippen LogP contribution in [0.3, 0.4) is 0 Å². The predicted molar refractivity (Wildman–Crippen MR) is 152 cm³/mol. The quantitative estimate of drug-likeness (QED) is 0.191. The molecule has 2 aromatic heterocycles. The minimum atomic E-state index is -1.21. The highest BCUT2D eigenvalue weighted by molar-refractivity contribution is 7.86. The van der Waals surface area contributed by atoms with E-state index < -0.39 is 28.1 Å². The number of pyridine rings is 1. The van der Waals surface area contributed by atoms with E-state index in [1.54, 1.807) is 19.4 Å². The van der Waals surface area contributed by atoms with E-state index in [0.717, 1.165) is 27.6 Å². The van der Waals surface area contributed by atoms with Crippen LogP contribution in [0.5, 0.6) is 5.75 Å². The Hall–Kier alpha value is -3.52. The summed E-state index contributed by atoms with van der Waals surface area (Å²) in [7, 11) is -1.21. The number of para-hydroxylation sites is 1. The van der Waals surface area contributed by atoms with Gasteiger partial charge in [0.1, 0.15) is 17.9 Å². The van der Waals surface area contributed by atoms with Gasteiger partial charge < -0.3 is 13.9 Å². The van der Waals surface area contributed by atoms with Crippen molar-refractivity contribution >= 4 is 27.7 Å². The Morgan fingerprint density at radius 1 is 1.13 bits per heavy atom. The number of fused-ring (bicyclic) bond motifs is 1. The first-order valence-electron chi connectivity index (χ1n) is 13.0. The van der Waals surface area contributed by atoms with Crippen molar-refractivity contribution in [3.63, 3.8) is 0 Å². The fourth-order valence-electron chi connectivity index (χ4n) is 4.24. The van der Waals surface area contributed by atoms with Crippen molar-refractivity contribution in [2.24, 2.45) is 0 Å². The summed E-state index contributed by atoms with van der Waals surface area (Å²) >= 11 is 0. The molecule has 2 atom stereocenters. The normalized spacial score (nSPS) is 13.3. The number of hydrogen-bond acceptors (Lipinski definition) is 6. The number of carbonyl (C=O) groups is 1. The third kappa shape index (κ3) is 7.12. The number of furan rings is 1. The van der Waals surface area contributed by atoms with Gasteiger partial charge in [0.25, 0.3) is 0 Å². The number of rotatable bonds is 11. The molecule has 2 aromatic carbocycles. The number of nitrogens with zero attached hydrogens (tertiary/aromatic N) is 1. The van der Waals surface area contributed by atoms with Crippen LogP contribution in [-0.2, 0) is 33.4 Å². The van der Waals surface area contributed by atoms with Crippen molar-refractivity contribution in [3.8, 4) is 16.9 Å². The predicted octanol–water partition coefficient (Wildman–Crippen LogP) is 6.78. The standard InChI is InChI=1S/C31H34FNO5S/c1-5-36-29(34)17-23-8-6-7-9-28(23)38-19-21-14-24-11-13-37-30(24)26(15-21)22-10-12-33-27(16-22)25(18-32)20-39(35)31(2,3)4/h6-16,25H,5,17-20H2,1-4H3/t25?,39-/m1/s1. The number of alkyl halides is 1. The second-order valence-corrected chi connectivity index (χ2v) is 12.6. The molecule has 0 aliphatic heterocycles. The fourth-order valence-corrected chi connectivity index (χ4v) is 5.37. The van der Waals surface area contributed by atoms with Gasteiger partial charge in [0, 0.05) is 55.6 Å². The zero-order valence-electron chi connectivity index (χ0n) is 22.7. The van der Waals surface area contributed by atoms with Gasteiger partial charge in [-0.1, -0.05) is 18.2 Å². The van der Waals surface area contributed by atoms with Gasteiger partial charge in [0.2, 0.25) is 0 Å².